The molecule has 0 aromatic heterocycles. The highest BCUT2D eigenvalue weighted by molar-refractivity contribution is 6.74. The quantitative estimate of drug-likeness (QED) is 0.0879. The standard InChI is InChI=1S/C43H56O2Si2/c1-7-46(8-2,9-3)44-31-21-30-43(32-45-47(10-4,11-5)12-6,41-37-26-17-13-22-33(37)34-23-14-18-27-38(34)41)42-39-28-19-15-24-35(39)36-25-16-20-29-40(36)42/h13-20,22-29,41-42H,7-12,21,30-32H2,1-6H3. The van der Waals surface area contributed by atoms with E-state index in [1.54, 1.807) is 0 Å². The number of benzene rings is 4. The van der Waals surface area contributed by atoms with E-state index in [9.17, 15) is 0 Å². The molecular formula is C43H56O2Si2. The largest absolute Gasteiger partial charge is 0.417 e. The lowest BCUT2D eigenvalue weighted by atomic mass is 9.59. The van der Waals surface area contributed by atoms with Crippen LogP contribution in [-0.4, -0.2) is 29.8 Å². The molecule has 0 bridgehead atoms. The van der Waals surface area contributed by atoms with Crippen LogP contribution < -0.4 is 0 Å². The highest BCUT2D eigenvalue weighted by Crippen LogP contribution is 2.64. The smallest absolute Gasteiger partial charge is 0.192 e. The molecule has 0 N–H and O–H groups in total. The molecule has 47 heavy (non-hydrogen) atoms. The summed E-state index contributed by atoms with van der Waals surface area (Å²) in [6, 6.07) is 44.1. The molecule has 0 unspecified atom stereocenters. The van der Waals surface area contributed by atoms with E-state index in [0.29, 0.717) is 0 Å². The maximum absolute atomic E-state index is 7.60. The molecule has 6 rings (SSSR count). The highest BCUT2D eigenvalue weighted by Gasteiger charge is 2.54. The Bertz CT molecular complexity index is 1450. The normalized spacial score (nSPS) is 14.6. The van der Waals surface area contributed by atoms with Gasteiger partial charge in [-0.1, -0.05) is 139 Å². The number of fused-ring (bicyclic) bond motifs is 6. The second-order valence-electron chi connectivity index (χ2n) is 14.2. The molecule has 0 amide bonds. The third kappa shape index (κ3) is 5.94. The Morgan fingerprint density at radius 1 is 0.468 bits per heavy atom. The van der Waals surface area contributed by atoms with Crippen LogP contribution >= 0.6 is 0 Å². The van der Waals surface area contributed by atoms with E-state index in [-0.39, 0.29) is 17.3 Å². The van der Waals surface area contributed by atoms with Crippen LogP contribution in [0.1, 0.15) is 88.5 Å². The van der Waals surface area contributed by atoms with Crippen molar-refractivity contribution in [3.63, 3.8) is 0 Å². The van der Waals surface area contributed by atoms with Crippen LogP contribution in [0.5, 0.6) is 0 Å². The summed E-state index contributed by atoms with van der Waals surface area (Å²) in [5.41, 5.74) is 11.3. The number of hydrogen-bond acceptors (Lipinski definition) is 2. The molecule has 2 nitrogen and oxygen atoms in total. The molecule has 0 spiro atoms. The van der Waals surface area contributed by atoms with Crippen LogP contribution in [0.3, 0.4) is 0 Å². The first-order chi connectivity index (χ1) is 23.0. The Balaban J connectivity index is 1.57. The summed E-state index contributed by atoms with van der Waals surface area (Å²) in [6.45, 7) is 15.8. The third-order valence-corrected chi connectivity index (χ3v) is 21.8. The maximum atomic E-state index is 7.60. The second-order valence-corrected chi connectivity index (χ2v) is 23.7. The van der Waals surface area contributed by atoms with Crippen molar-refractivity contribution in [1.82, 2.24) is 0 Å². The summed E-state index contributed by atoms with van der Waals surface area (Å²) in [4.78, 5) is 0. The van der Waals surface area contributed by atoms with Crippen LogP contribution in [-0.2, 0) is 8.85 Å². The van der Waals surface area contributed by atoms with E-state index in [1.807, 2.05) is 0 Å². The molecule has 0 aliphatic heterocycles. The van der Waals surface area contributed by atoms with Crippen molar-refractivity contribution in [1.29, 1.82) is 0 Å². The minimum Gasteiger partial charge on any atom is -0.417 e. The predicted octanol–water partition coefficient (Wildman–Crippen LogP) is 12.4. The van der Waals surface area contributed by atoms with E-state index in [2.05, 4.69) is 139 Å². The zero-order chi connectivity index (χ0) is 33.1. The molecule has 0 radical (unpaired) electrons. The van der Waals surface area contributed by atoms with Crippen LogP contribution in [0, 0.1) is 5.41 Å². The molecule has 4 aromatic carbocycles. The van der Waals surface area contributed by atoms with Crippen molar-refractivity contribution in [2.24, 2.45) is 5.41 Å². The molecule has 4 aromatic rings. The average molecular weight is 661 g/mol. The first kappa shape index (κ1) is 34.1. The summed E-state index contributed by atoms with van der Waals surface area (Å²) < 4.78 is 14.6. The molecule has 2 aliphatic rings. The molecule has 0 atom stereocenters. The van der Waals surface area contributed by atoms with Gasteiger partial charge in [0.1, 0.15) is 0 Å². The molecule has 0 saturated heterocycles. The fourth-order valence-electron chi connectivity index (χ4n) is 9.33. The zero-order valence-corrected chi connectivity index (χ0v) is 31.8. The van der Waals surface area contributed by atoms with Gasteiger partial charge in [0.05, 0.1) is 0 Å². The van der Waals surface area contributed by atoms with Gasteiger partial charge < -0.3 is 8.85 Å². The van der Waals surface area contributed by atoms with E-state index in [4.69, 9.17) is 8.85 Å². The van der Waals surface area contributed by atoms with Crippen LogP contribution in [0.4, 0.5) is 0 Å². The Hall–Kier alpha value is -2.77. The average Bonchev–Trinajstić information content (AvgIpc) is 3.66. The topological polar surface area (TPSA) is 18.5 Å². The lowest BCUT2D eigenvalue weighted by molar-refractivity contribution is 0.0816. The van der Waals surface area contributed by atoms with Gasteiger partial charge in [0.25, 0.3) is 0 Å². The predicted molar refractivity (Wildman–Crippen MR) is 205 cm³/mol. The van der Waals surface area contributed by atoms with Crippen molar-refractivity contribution in [2.75, 3.05) is 13.2 Å². The van der Waals surface area contributed by atoms with Gasteiger partial charge in [-0.15, -0.1) is 0 Å². The van der Waals surface area contributed by atoms with Gasteiger partial charge in [0.2, 0.25) is 0 Å². The first-order valence-corrected chi connectivity index (χ1v) is 23.7. The Morgan fingerprint density at radius 3 is 1.13 bits per heavy atom. The van der Waals surface area contributed by atoms with Gasteiger partial charge in [-0.25, -0.2) is 0 Å². The van der Waals surface area contributed by atoms with Gasteiger partial charge in [-0.2, -0.15) is 0 Å². The SMILES string of the molecule is CC[Si](CC)(CC)OCCCC(CO[Si](CC)(CC)CC)(C1c2ccccc2-c2ccccc21)C1c2ccccc2-c2ccccc21. The fourth-order valence-corrected chi connectivity index (χ4v) is 14.7. The minimum absolute atomic E-state index is 0.193. The van der Waals surface area contributed by atoms with Gasteiger partial charge in [-0.05, 0) is 93.6 Å². The van der Waals surface area contributed by atoms with Crippen LogP contribution in [0.25, 0.3) is 22.3 Å². The third-order valence-electron chi connectivity index (χ3n) is 12.5. The minimum atomic E-state index is -1.91. The summed E-state index contributed by atoms with van der Waals surface area (Å²) >= 11 is 0. The van der Waals surface area contributed by atoms with Crippen molar-refractivity contribution in [2.45, 2.75) is 102 Å². The van der Waals surface area contributed by atoms with Crippen molar-refractivity contribution >= 4 is 16.6 Å². The van der Waals surface area contributed by atoms with Crippen molar-refractivity contribution < 1.29 is 8.85 Å². The number of hydrogen-bond donors (Lipinski definition) is 0. The maximum Gasteiger partial charge on any atom is 0.192 e. The summed E-state index contributed by atoms with van der Waals surface area (Å²) in [5.74, 6) is 0.448. The monoisotopic (exact) mass is 660 g/mol. The summed E-state index contributed by atoms with van der Waals surface area (Å²) in [5, 5.41) is 0. The van der Waals surface area contributed by atoms with Crippen LogP contribution in [0.2, 0.25) is 36.3 Å². The second kappa shape index (κ2) is 14.4. The summed E-state index contributed by atoms with van der Waals surface area (Å²) in [7, 11) is -3.61. The molecule has 248 valence electrons. The Morgan fingerprint density at radius 2 is 0.787 bits per heavy atom. The van der Waals surface area contributed by atoms with Gasteiger partial charge >= 0.3 is 0 Å². The van der Waals surface area contributed by atoms with E-state index in [1.165, 1.54) is 62.6 Å². The Labute approximate surface area is 287 Å². The lowest BCUT2D eigenvalue weighted by Crippen LogP contribution is -2.46. The first-order valence-electron chi connectivity index (χ1n) is 18.6. The molecule has 2 aliphatic carbocycles. The zero-order valence-electron chi connectivity index (χ0n) is 29.8. The van der Waals surface area contributed by atoms with Crippen LogP contribution in [0.15, 0.2) is 97.1 Å². The molecular weight excluding hydrogens is 605 g/mol. The van der Waals surface area contributed by atoms with Gasteiger partial charge in [0, 0.05) is 30.5 Å². The number of rotatable bonds is 16. The van der Waals surface area contributed by atoms with E-state index < -0.39 is 16.6 Å². The highest BCUT2D eigenvalue weighted by atomic mass is 28.4. The van der Waals surface area contributed by atoms with E-state index >= 15 is 0 Å². The van der Waals surface area contributed by atoms with Crippen molar-refractivity contribution in [3.05, 3.63) is 119 Å². The van der Waals surface area contributed by atoms with E-state index in [0.717, 1.165) is 44.2 Å². The summed E-state index contributed by atoms with van der Waals surface area (Å²) in [6.07, 6.45) is 2.09. The van der Waals surface area contributed by atoms with Gasteiger partial charge in [-0.3, -0.25) is 0 Å². The van der Waals surface area contributed by atoms with Gasteiger partial charge in [0.15, 0.2) is 16.6 Å². The fraction of sp³-hybridized carbons (Fsp3) is 0.442. The molecule has 0 heterocycles. The molecule has 4 heteroatoms. The lowest BCUT2D eigenvalue weighted by Gasteiger charge is -2.48. The molecule has 0 saturated carbocycles. The molecule has 0 fully saturated rings. The Kier molecular flexibility index (Phi) is 10.4. The van der Waals surface area contributed by atoms with Crippen molar-refractivity contribution in [3.8, 4) is 22.3 Å².